The van der Waals surface area contributed by atoms with E-state index >= 15 is 0 Å². The number of nitrogens with two attached hydrogens (primary N) is 1. The quantitative estimate of drug-likeness (QED) is 0.647. The summed E-state index contributed by atoms with van der Waals surface area (Å²) in [6, 6.07) is 8.11. The molecule has 0 saturated heterocycles. The third kappa shape index (κ3) is 4.82. The van der Waals surface area contributed by atoms with E-state index in [0.29, 0.717) is 6.10 Å². The molecule has 1 unspecified atom stereocenters. The van der Waals surface area contributed by atoms with Crippen molar-refractivity contribution in [2.24, 2.45) is 5.41 Å². The van der Waals surface area contributed by atoms with Gasteiger partial charge in [-0.3, -0.25) is 0 Å². The molecule has 0 spiro atoms. The van der Waals surface area contributed by atoms with Crippen molar-refractivity contribution in [2.45, 2.75) is 52.8 Å². The molecule has 1 atom stereocenters. The lowest BCUT2D eigenvalue weighted by molar-refractivity contribution is 0.0788. The monoisotopic (exact) mass is 264 g/mol. The van der Waals surface area contributed by atoms with Gasteiger partial charge in [0.25, 0.3) is 0 Å². The fourth-order valence-corrected chi connectivity index (χ4v) is 3.04. The number of anilines is 1. The van der Waals surface area contributed by atoms with Crippen molar-refractivity contribution < 1.29 is 4.43 Å². The van der Waals surface area contributed by atoms with Gasteiger partial charge in [-0.2, -0.15) is 0 Å². The van der Waals surface area contributed by atoms with Crippen LogP contribution in [0.1, 0.15) is 32.8 Å². The van der Waals surface area contributed by atoms with E-state index in [9.17, 15) is 0 Å². The first-order valence-corrected chi connectivity index (χ1v) is 9.01. The van der Waals surface area contributed by atoms with E-state index in [2.05, 4.69) is 39.9 Å². The molecule has 1 aromatic rings. The van der Waals surface area contributed by atoms with Gasteiger partial charge in [-0.05, 0) is 43.0 Å². The zero-order valence-corrected chi connectivity index (χ0v) is 13.3. The van der Waals surface area contributed by atoms with Gasteiger partial charge in [-0.15, -0.1) is 0 Å². The Morgan fingerprint density at radius 2 is 1.83 bits per heavy atom. The van der Waals surface area contributed by atoms with Crippen LogP contribution < -0.4 is 5.73 Å². The van der Waals surface area contributed by atoms with Crippen molar-refractivity contribution in [1.29, 1.82) is 0 Å². The van der Waals surface area contributed by atoms with Gasteiger partial charge in [0.2, 0.25) is 9.04 Å². The van der Waals surface area contributed by atoms with Crippen molar-refractivity contribution in [1.82, 2.24) is 0 Å². The zero-order chi connectivity index (χ0) is 13.8. The van der Waals surface area contributed by atoms with Crippen LogP contribution >= 0.6 is 0 Å². The number of hydrogen-bond donors (Lipinski definition) is 1. The highest BCUT2D eigenvalue weighted by Crippen LogP contribution is 2.27. The maximum atomic E-state index is 6.14. The Bertz CT molecular complexity index is 371. The smallest absolute Gasteiger partial charge is 0.205 e. The van der Waals surface area contributed by atoms with Crippen molar-refractivity contribution >= 4 is 14.7 Å². The fourth-order valence-electron chi connectivity index (χ4n) is 2.00. The summed E-state index contributed by atoms with van der Waals surface area (Å²) < 4.78 is 6.14. The summed E-state index contributed by atoms with van der Waals surface area (Å²) in [6.07, 6.45) is 2.33. The Morgan fingerprint density at radius 3 is 2.33 bits per heavy atom. The van der Waals surface area contributed by atoms with Crippen LogP contribution in [-0.2, 0) is 10.8 Å². The Kier molecular flexibility index (Phi) is 5.41. The topological polar surface area (TPSA) is 35.2 Å². The maximum Gasteiger partial charge on any atom is 0.205 e. The standard InChI is InChI=1S/C15H26NOSi/c1-15(2,3)14(17-18(4)5)11-10-12-8-6-7-9-13(12)16/h6-9,14H,10-11,16H2,1-5H3. The minimum absolute atomic E-state index is 0.186. The van der Waals surface area contributed by atoms with E-state index in [1.165, 1.54) is 5.56 Å². The van der Waals surface area contributed by atoms with Gasteiger partial charge in [0, 0.05) is 5.69 Å². The van der Waals surface area contributed by atoms with Gasteiger partial charge in [0.15, 0.2) is 0 Å². The van der Waals surface area contributed by atoms with Crippen LogP contribution in [0, 0.1) is 5.41 Å². The minimum Gasteiger partial charge on any atom is -0.414 e. The second kappa shape index (κ2) is 6.39. The van der Waals surface area contributed by atoms with Crippen LogP contribution in [-0.4, -0.2) is 15.1 Å². The molecule has 0 aliphatic rings. The third-order valence-electron chi connectivity index (χ3n) is 3.07. The van der Waals surface area contributed by atoms with Crippen molar-refractivity contribution in [3.05, 3.63) is 29.8 Å². The van der Waals surface area contributed by atoms with Gasteiger partial charge in [-0.1, -0.05) is 39.0 Å². The van der Waals surface area contributed by atoms with Crippen molar-refractivity contribution in [2.75, 3.05) is 5.73 Å². The Hall–Kier alpha value is -0.803. The first kappa shape index (κ1) is 15.3. The third-order valence-corrected chi connectivity index (χ3v) is 3.83. The van der Waals surface area contributed by atoms with Gasteiger partial charge in [0.1, 0.15) is 0 Å². The predicted molar refractivity (Wildman–Crippen MR) is 81.0 cm³/mol. The highest BCUT2D eigenvalue weighted by molar-refractivity contribution is 6.48. The molecule has 0 saturated carbocycles. The van der Waals surface area contributed by atoms with E-state index < -0.39 is 9.04 Å². The van der Waals surface area contributed by atoms with Crippen molar-refractivity contribution in [3.8, 4) is 0 Å². The van der Waals surface area contributed by atoms with E-state index in [1.54, 1.807) is 0 Å². The number of benzene rings is 1. The first-order chi connectivity index (χ1) is 8.30. The molecule has 18 heavy (non-hydrogen) atoms. The largest absolute Gasteiger partial charge is 0.414 e. The lowest BCUT2D eigenvalue weighted by atomic mass is 9.85. The molecule has 2 nitrogen and oxygen atoms in total. The summed E-state index contributed by atoms with van der Waals surface area (Å²) in [6.45, 7) is 11.1. The maximum absolute atomic E-state index is 6.14. The molecule has 1 aromatic carbocycles. The van der Waals surface area contributed by atoms with Crippen LogP contribution in [0.4, 0.5) is 5.69 Å². The van der Waals surface area contributed by atoms with Crippen LogP contribution in [0.5, 0.6) is 0 Å². The normalized spacial score (nSPS) is 13.9. The minimum atomic E-state index is -0.660. The molecule has 1 radical (unpaired) electrons. The summed E-state index contributed by atoms with van der Waals surface area (Å²) in [5, 5.41) is 0. The van der Waals surface area contributed by atoms with Crippen LogP contribution in [0.3, 0.4) is 0 Å². The van der Waals surface area contributed by atoms with E-state index in [1.807, 2.05) is 18.2 Å². The molecule has 3 heteroatoms. The average molecular weight is 264 g/mol. The Morgan fingerprint density at radius 1 is 1.22 bits per heavy atom. The number of aryl methyl sites for hydroxylation is 1. The molecular formula is C15H26NOSi. The van der Waals surface area contributed by atoms with Crippen LogP contribution in [0.25, 0.3) is 0 Å². The number of rotatable bonds is 5. The van der Waals surface area contributed by atoms with E-state index in [-0.39, 0.29) is 5.41 Å². The number of nitrogen functional groups attached to an aromatic ring is 1. The molecule has 0 heterocycles. The van der Waals surface area contributed by atoms with Gasteiger partial charge < -0.3 is 10.2 Å². The summed E-state index contributed by atoms with van der Waals surface area (Å²) in [4.78, 5) is 0. The highest BCUT2D eigenvalue weighted by Gasteiger charge is 2.26. The zero-order valence-electron chi connectivity index (χ0n) is 12.3. The predicted octanol–water partition coefficient (Wildman–Crippen LogP) is 3.88. The van der Waals surface area contributed by atoms with Gasteiger partial charge in [0.05, 0.1) is 6.10 Å². The van der Waals surface area contributed by atoms with E-state index in [4.69, 9.17) is 10.2 Å². The fraction of sp³-hybridized carbons (Fsp3) is 0.600. The SMILES string of the molecule is C[Si](C)OC(CCc1ccccc1N)C(C)(C)C. The number of hydrogen-bond acceptors (Lipinski definition) is 2. The summed E-state index contributed by atoms with van der Waals surface area (Å²) in [7, 11) is -0.660. The first-order valence-electron chi connectivity index (χ1n) is 6.61. The van der Waals surface area contributed by atoms with Crippen LogP contribution in [0.2, 0.25) is 13.1 Å². The Labute approximate surface area is 113 Å². The van der Waals surface area contributed by atoms with Crippen molar-refractivity contribution in [3.63, 3.8) is 0 Å². The molecule has 0 bridgehead atoms. The molecular weight excluding hydrogens is 238 g/mol. The molecule has 0 fully saturated rings. The molecule has 0 aliphatic heterocycles. The molecule has 0 amide bonds. The molecule has 2 N–H and O–H groups in total. The van der Waals surface area contributed by atoms with Crippen LogP contribution in [0.15, 0.2) is 24.3 Å². The average Bonchev–Trinajstić information content (AvgIpc) is 2.24. The lowest BCUT2D eigenvalue weighted by Gasteiger charge is -2.32. The Balaban J connectivity index is 2.65. The molecule has 1 rings (SSSR count). The van der Waals surface area contributed by atoms with Gasteiger partial charge in [-0.25, -0.2) is 0 Å². The number of para-hydroxylation sites is 1. The molecule has 101 valence electrons. The second-order valence-electron chi connectivity index (χ2n) is 6.12. The van der Waals surface area contributed by atoms with E-state index in [0.717, 1.165) is 18.5 Å². The lowest BCUT2D eigenvalue weighted by Crippen LogP contribution is -2.33. The summed E-state index contributed by atoms with van der Waals surface area (Å²) >= 11 is 0. The summed E-state index contributed by atoms with van der Waals surface area (Å²) in [5.74, 6) is 0. The molecule has 0 aliphatic carbocycles. The van der Waals surface area contributed by atoms with Gasteiger partial charge >= 0.3 is 0 Å². The second-order valence-corrected chi connectivity index (χ2v) is 8.17. The summed E-state index contributed by atoms with van der Waals surface area (Å²) in [5.41, 5.74) is 8.29. The molecule has 0 aromatic heterocycles. The highest BCUT2D eigenvalue weighted by atomic mass is 28.3.